The number of hydrogen-bond acceptors (Lipinski definition) is 1. The number of hydrogen-bond donors (Lipinski definition) is 0. The average molecular weight is 585 g/mol. The summed E-state index contributed by atoms with van der Waals surface area (Å²) < 4.78 is 5.00. The third kappa shape index (κ3) is 53.0. The molecule has 0 aromatic carbocycles. The van der Waals surface area contributed by atoms with E-state index in [-0.39, 0.29) is 0 Å². The van der Waals surface area contributed by atoms with E-state index in [1.165, 1.54) is 51.4 Å². The zero-order valence-electron chi connectivity index (χ0n) is 32.8. The summed E-state index contributed by atoms with van der Waals surface area (Å²) in [6.07, 6.45) is 11.5. The highest BCUT2D eigenvalue weighted by molar-refractivity contribution is 4.75. The molecule has 254 valence electrons. The molecule has 0 radical (unpaired) electrons. The van der Waals surface area contributed by atoms with Gasteiger partial charge in [0, 0.05) is 5.92 Å². The molecule has 0 aromatic rings. The van der Waals surface area contributed by atoms with Gasteiger partial charge in [-0.15, -0.1) is 0 Å². The standard InChI is InChI=1S/C7H14.C6H12O.C6H12.2C6H14.C5H12.C4H10/c1-6(2)5-7-3-4-7;1-5(2)6-3-7-4-6;1-5(2)6-3-4-6;1-5(2)6(3)4;1-4-5-6(2)3;1-4-5(2)3;1-4(2)3/h6-7H,3-5H2,1-2H3;5-6H,3-4H2,1-2H3;5-6H,3-4H2,1-2H3;5-6H,1-4H3;6H,4-5H2,1-3H3;5H,4H2,1-3H3;4H,1-3H3. The van der Waals surface area contributed by atoms with Crippen molar-refractivity contribution < 1.29 is 4.74 Å². The number of rotatable bonds is 8. The van der Waals surface area contributed by atoms with Crippen LogP contribution in [0.2, 0.25) is 0 Å². The van der Waals surface area contributed by atoms with Crippen LogP contribution in [0.15, 0.2) is 0 Å². The van der Waals surface area contributed by atoms with Gasteiger partial charge in [0.25, 0.3) is 0 Å². The lowest BCUT2D eigenvalue weighted by atomic mass is 9.95. The highest BCUT2D eigenvalue weighted by Gasteiger charge is 2.24. The fourth-order valence-electron chi connectivity index (χ4n) is 3.00. The van der Waals surface area contributed by atoms with Crippen molar-refractivity contribution in [2.75, 3.05) is 13.2 Å². The van der Waals surface area contributed by atoms with Crippen LogP contribution >= 0.6 is 0 Å². The summed E-state index contributed by atoms with van der Waals surface area (Å²) in [5.41, 5.74) is 0. The summed E-state index contributed by atoms with van der Waals surface area (Å²) in [5.74, 6) is 10.1. The molecular weight excluding hydrogens is 496 g/mol. The van der Waals surface area contributed by atoms with Crippen LogP contribution in [0.25, 0.3) is 0 Å². The van der Waals surface area contributed by atoms with Crippen LogP contribution in [0.1, 0.15) is 183 Å². The van der Waals surface area contributed by atoms with Crippen molar-refractivity contribution in [1.29, 1.82) is 0 Å². The Labute approximate surface area is 265 Å². The second kappa shape index (κ2) is 31.4. The summed E-state index contributed by atoms with van der Waals surface area (Å²) in [4.78, 5) is 0. The van der Waals surface area contributed by atoms with Gasteiger partial charge in [0.05, 0.1) is 13.2 Å². The first kappa shape index (κ1) is 47.9. The van der Waals surface area contributed by atoms with E-state index in [9.17, 15) is 0 Å². The predicted octanol–water partition coefficient (Wildman–Crippen LogP) is 14.2. The average Bonchev–Trinajstić information content (AvgIpc) is 3.68. The minimum atomic E-state index is 0.828. The molecule has 0 spiro atoms. The molecule has 3 aliphatic rings. The molecule has 1 aliphatic heterocycles. The highest BCUT2D eigenvalue weighted by atomic mass is 16.5. The molecule has 0 amide bonds. The van der Waals surface area contributed by atoms with Gasteiger partial charge in [-0.05, 0) is 78.4 Å². The summed E-state index contributed by atoms with van der Waals surface area (Å²) in [5, 5.41) is 0. The second-order valence-corrected chi connectivity index (χ2v) is 16.4. The maximum atomic E-state index is 5.00. The molecule has 1 heteroatoms. The fraction of sp³-hybridized carbons (Fsp3) is 1.00. The normalized spacial score (nSPS) is 15.9. The van der Waals surface area contributed by atoms with Crippen LogP contribution in [0.3, 0.4) is 0 Å². The third-order valence-corrected chi connectivity index (χ3v) is 7.69. The molecule has 3 fully saturated rings. The maximum Gasteiger partial charge on any atom is 0.0518 e. The smallest absolute Gasteiger partial charge is 0.0518 e. The first-order chi connectivity index (χ1) is 18.8. The van der Waals surface area contributed by atoms with Gasteiger partial charge in [-0.2, -0.15) is 0 Å². The molecule has 0 bridgehead atoms. The third-order valence-electron chi connectivity index (χ3n) is 7.69. The van der Waals surface area contributed by atoms with E-state index in [0.717, 1.165) is 78.3 Å². The molecule has 0 N–H and O–H groups in total. The summed E-state index contributed by atoms with van der Waals surface area (Å²) in [6.45, 7) is 44.5. The molecule has 1 saturated heterocycles. The summed E-state index contributed by atoms with van der Waals surface area (Å²) in [7, 11) is 0. The van der Waals surface area contributed by atoms with Crippen LogP contribution in [-0.2, 0) is 4.74 Å². The van der Waals surface area contributed by atoms with E-state index in [4.69, 9.17) is 4.74 Å². The topological polar surface area (TPSA) is 9.23 Å². The van der Waals surface area contributed by atoms with E-state index < -0.39 is 0 Å². The first-order valence-corrected chi connectivity index (χ1v) is 18.4. The molecule has 41 heavy (non-hydrogen) atoms. The molecule has 0 aromatic heterocycles. The molecule has 0 atom stereocenters. The van der Waals surface area contributed by atoms with Crippen LogP contribution in [-0.4, -0.2) is 13.2 Å². The molecule has 1 nitrogen and oxygen atoms in total. The van der Waals surface area contributed by atoms with Crippen molar-refractivity contribution in [3.05, 3.63) is 0 Å². The zero-order chi connectivity index (χ0) is 33.1. The van der Waals surface area contributed by atoms with Gasteiger partial charge in [0.1, 0.15) is 0 Å². The monoisotopic (exact) mass is 585 g/mol. The Morgan fingerprint density at radius 3 is 0.902 bits per heavy atom. The number of ether oxygens (including phenoxy) is 1. The van der Waals surface area contributed by atoms with Gasteiger partial charge in [0.15, 0.2) is 0 Å². The van der Waals surface area contributed by atoms with Gasteiger partial charge in [-0.3, -0.25) is 0 Å². The Balaban J connectivity index is -0.000000196. The van der Waals surface area contributed by atoms with Gasteiger partial charge >= 0.3 is 0 Å². The van der Waals surface area contributed by atoms with Gasteiger partial charge in [-0.25, -0.2) is 0 Å². The molecular formula is C40H88O. The van der Waals surface area contributed by atoms with Crippen LogP contribution in [0.5, 0.6) is 0 Å². The zero-order valence-corrected chi connectivity index (χ0v) is 32.8. The maximum absolute atomic E-state index is 5.00. The van der Waals surface area contributed by atoms with E-state index in [1.54, 1.807) is 0 Å². The van der Waals surface area contributed by atoms with Crippen LogP contribution < -0.4 is 0 Å². The van der Waals surface area contributed by atoms with Crippen molar-refractivity contribution >= 4 is 0 Å². The Hall–Kier alpha value is -0.0400. The fourth-order valence-corrected chi connectivity index (χ4v) is 3.00. The largest absolute Gasteiger partial charge is 0.381 e. The lowest BCUT2D eigenvalue weighted by Crippen LogP contribution is -2.31. The predicted molar refractivity (Wildman–Crippen MR) is 194 cm³/mol. The molecule has 1 heterocycles. The molecule has 2 saturated carbocycles. The Bertz CT molecular complexity index is 442. The summed E-state index contributed by atoms with van der Waals surface area (Å²) in [6, 6.07) is 0. The Morgan fingerprint density at radius 1 is 0.512 bits per heavy atom. The quantitative estimate of drug-likeness (QED) is 0.276. The lowest BCUT2D eigenvalue weighted by Gasteiger charge is -2.29. The second-order valence-electron chi connectivity index (χ2n) is 16.4. The van der Waals surface area contributed by atoms with Crippen molar-refractivity contribution in [3.63, 3.8) is 0 Å². The molecule has 2 aliphatic carbocycles. The Morgan fingerprint density at radius 2 is 0.878 bits per heavy atom. The first-order valence-electron chi connectivity index (χ1n) is 18.4. The van der Waals surface area contributed by atoms with Crippen molar-refractivity contribution in [3.8, 4) is 0 Å². The van der Waals surface area contributed by atoms with Crippen LogP contribution in [0, 0.1) is 65.1 Å². The van der Waals surface area contributed by atoms with Crippen molar-refractivity contribution in [2.24, 2.45) is 65.1 Å². The lowest BCUT2D eigenvalue weighted by molar-refractivity contribution is -0.0534. The molecule has 0 unspecified atom stereocenters. The van der Waals surface area contributed by atoms with E-state index >= 15 is 0 Å². The summed E-state index contributed by atoms with van der Waals surface area (Å²) >= 11 is 0. The van der Waals surface area contributed by atoms with Crippen molar-refractivity contribution in [1.82, 2.24) is 0 Å². The molecule has 3 rings (SSSR count). The highest BCUT2D eigenvalue weighted by Crippen LogP contribution is 2.36. The minimum absolute atomic E-state index is 0.828. The van der Waals surface area contributed by atoms with Crippen molar-refractivity contribution in [2.45, 2.75) is 183 Å². The van der Waals surface area contributed by atoms with E-state index in [0.29, 0.717) is 0 Å². The van der Waals surface area contributed by atoms with Gasteiger partial charge in [-0.1, -0.05) is 164 Å². The minimum Gasteiger partial charge on any atom is -0.381 e. The Kier molecular flexibility index (Phi) is 36.7. The van der Waals surface area contributed by atoms with E-state index in [2.05, 4.69) is 132 Å². The van der Waals surface area contributed by atoms with Gasteiger partial charge < -0.3 is 4.74 Å². The SMILES string of the molecule is CC(C)C.CC(C)C(C)C.CC(C)C1CC1.CC(C)C1COC1.CC(C)CC1CC1.CCC(C)C.CCCC(C)C. The van der Waals surface area contributed by atoms with Crippen LogP contribution in [0.4, 0.5) is 0 Å². The van der Waals surface area contributed by atoms with Gasteiger partial charge in [0.2, 0.25) is 0 Å². The van der Waals surface area contributed by atoms with E-state index in [1.807, 2.05) is 0 Å².